The summed E-state index contributed by atoms with van der Waals surface area (Å²) in [5, 5.41) is 1.20. The van der Waals surface area contributed by atoms with Crippen LogP contribution in [0.1, 0.15) is 39.0 Å². The molecule has 0 N–H and O–H groups in total. The monoisotopic (exact) mass is 419 g/mol. The lowest BCUT2D eigenvalue weighted by atomic mass is 9.94. The Morgan fingerprint density at radius 2 is 2.14 bits per heavy atom. The molecule has 0 saturated heterocycles. The Labute approximate surface area is 174 Å². The summed E-state index contributed by atoms with van der Waals surface area (Å²) in [7, 11) is 1.89. The van der Waals surface area contributed by atoms with Gasteiger partial charge in [0.1, 0.15) is 0 Å². The van der Waals surface area contributed by atoms with E-state index in [4.69, 9.17) is 11.6 Å². The number of fused-ring (bicyclic) bond motifs is 1. The molecule has 0 radical (unpaired) electrons. The molecule has 0 spiro atoms. The van der Waals surface area contributed by atoms with E-state index < -0.39 is 0 Å². The number of amides is 1. The molecule has 1 aromatic heterocycles. The van der Waals surface area contributed by atoms with Crippen molar-refractivity contribution >= 4 is 40.2 Å². The number of carbonyl (C=O) groups excluding carboxylic acids is 1. The zero-order chi connectivity index (χ0) is 20.3. The normalized spacial score (nSPS) is 16.1. The average Bonchev–Trinajstić information content (AvgIpc) is 2.70. The van der Waals surface area contributed by atoms with Gasteiger partial charge in [-0.15, -0.1) is 6.58 Å². The maximum atomic E-state index is 13.0. The molecule has 1 aliphatic carbocycles. The van der Waals surface area contributed by atoms with Gasteiger partial charge >= 0.3 is 0 Å². The number of halogens is 1. The minimum Gasteiger partial charge on any atom is -0.342 e. The van der Waals surface area contributed by atoms with Gasteiger partial charge in [0.15, 0.2) is 5.16 Å². The molecule has 0 bridgehead atoms. The Morgan fingerprint density at radius 1 is 1.43 bits per heavy atom. The molecule has 1 aliphatic rings. The van der Waals surface area contributed by atoms with E-state index in [1.54, 1.807) is 28.8 Å². The Balaban J connectivity index is 1.89. The van der Waals surface area contributed by atoms with E-state index in [1.165, 1.54) is 31.0 Å². The zero-order valence-electron chi connectivity index (χ0n) is 16.4. The van der Waals surface area contributed by atoms with E-state index in [-0.39, 0.29) is 16.7 Å². The number of nitrogens with zero attached hydrogens (tertiary/aromatic N) is 3. The van der Waals surface area contributed by atoms with E-state index in [9.17, 15) is 9.59 Å². The van der Waals surface area contributed by atoms with Gasteiger partial charge in [-0.1, -0.05) is 48.7 Å². The van der Waals surface area contributed by atoms with Crippen LogP contribution in [0.3, 0.4) is 0 Å². The van der Waals surface area contributed by atoms with Crippen LogP contribution in [0.2, 0.25) is 5.02 Å². The molecule has 2 aromatic rings. The highest BCUT2D eigenvalue weighted by Gasteiger charge is 2.27. The van der Waals surface area contributed by atoms with Gasteiger partial charge in [-0.3, -0.25) is 14.2 Å². The SMILES string of the molecule is C=CCn1c(SC(C)C(=O)N(C)C2CCCCC2)nc2cc(Cl)ccc2c1=O. The quantitative estimate of drug-likeness (QED) is 0.392. The molecule has 1 fully saturated rings. The highest BCUT2D eigenvalue weighted by atomic mass is 35.5. The number of benzene rings is 1. The fraction of sp³-hybridized carbons (Fsp3) is 0.476. The number of rotatable bonds is 6. The second-order valence-corrected chi connectivity index (χ2v) is 9.01. The Morgan fingerprint density at radius 3 is 2.82 bits per heavy atom. The minimum atomic E-state index is -0.341. The van der Waals surface area contributed by atoms with Crippen LogP contribution in [0.15, 0.2) is 40.8 Å². The lowest BCUT2D eigenvalue weighted by Gasteiger charge is -2.32. The smallest absolute Gasteiger partial charge is 0.262 e. The predicted octanol–water partition coefficient (Wildman–Crippen LogP) is 4.51. The van der Waals surface area contributed by atoms with Gasteiger partial charge in [-0.2, -0.15) is 0 Å². The first-order valence-corrected chi connectivity index (χ1v) is 10.9. The summed E-state index contributed by atoms with van der Waals surface area (Å²) in [4.78, 5) is 32.4. The highest BCUT2D eigenvalue weighted by Crippen LogP contribution is 2.27. The van der Waals surface area contributed by atoms with Crippen LogP contribution in [0.25, 0.3) is 10.9 Å². The average molecular weight is 420 g/mol. The lowest BCUT2D eigenvalue weighted by Crippen LogP contribution is -2.42. The van der Waals surface area contributed by atoms with E-state index in [2.05, 4.69) is 11.6 Å². The van der Waals surface area contributed by atoms with E-state index in [0.717, 1.165) is 12.8 Å². The molecule has 7 heteroatoms. The second kappa shape index (κ2) is 9.14. The van der Waals surface area contributed by atoms with Crippen molar-refractivity contribution in [2.45, 2.75) is 62.0 Å². The first kappa shape index (κ1) is 20.9. The number of carbonyl (C=O) groups is 1. The van der Waals surface area contributed by atoms with Crippen LogP contribution in [-0.2, 0) is 11.3 Å². The van der Waals surface area contributed by atoms with E-state index >= 15 is 0 Å². The van der Waals surface area contributed by atoms with Crippen LogP contribution in [0.4, 0.5) is 0 Å². The standard InChI is InChI=1S/C21H26ClN3O2S/c1-4-12-25-20(27)17-11-10-15(22)13-18(17)23-21(25)28-14(2)19(26)24(3)16-8-6-5-7-9-16/h4,10-11,13-14,16H,1,5-9,12H2,2-3H3. The van der Waals surface area contributed by atoms with Crippen molar-refractivity contribution in [2.24, 2.45) is 0 Å². The zero-order valence-corrected chi connectivity index (χ0v) is 17.9. The third-order valence-electron chi connectivity index (χ3n) is 5.29. The summed E-state index contributed by atoms with van der Waals surface area (Å²) >= 11 is 7.39. The van der Waals surface area contributed by atoms with Gasteiger partial charge in [-0.25, -0.2) is 4.98 Å². The third kappa shape index (κ3) is 4.44. The van der Waals surface area contributed by atoms with Crippen molar-refractivity contribution in [3.8, 4) is 0 Å². The maximum absolute atomic E-state index is 13.0. The fourth-order valence-electron chi connectivity index (χ4n) is 3.70. The van der Waals surface area contributed by atoms with E-state index in [0.29, 0.717) is 33.7 Å². The number of aromatic nitrogens is 2. The molecule has 0 aliphatic heterocycles. The molecular weight excluding hydrogens is 394 g/mol. The van der Waals surface area contributed by atoms with Crippen LogP contribution in [0, 0.1) is 0 Å². The molecular formula is C21H26ClN3O2S. The Kier molecular flexibility index (Phi) is 6.83. The molecule has 5 nitrogen and oxygen atoms in total. The van der Waals surface area contributed by atoms with Crippen molar-refractivity contribution < 1.29 is 4.79 Å². The largest absolute Gasteiger partial charge is 0.342 e. The van der Waals surface area contributed by atoms with Crippen molar-refractivity contribution in [3.63, 3.8) is 0 Å². The van der Waals surface area contributed by atoms with Crippen molar-refractivity contribution in [1.29, 1.82) is 0 Å². The summed E-state index contributed by atoms with van der Waals surface area (Å²) in [6, 6.07) is 5.36. The summed E-state index contributed by atoms with van der Waals surface area (Å²) in [6.45, 7) is 5.96. The molecule has 1 unspecified atom stereocenters. The van der Waals surface area contributed by atoms with Crippen LogP contribution < -0.4 is 5.56 Å². The van der Waals surface area contributed by atoms with Crippen LogP contribution in [-0.4, -0.2) is 38.7 Å². The Bertz CT molecular complexity index is 937. The van der Waals surface area contributed by atoms with E-state index in [1.807, 2.05) is 18.9 Å². The summed E-state index contributed by atoms with van der Waals surface area (Å²) in [6.07, 6.45) is 7.39. The third-order valence-corrected chi connectivity index (χ3v) is 6.61. The number of thioether (sulfide) groups is 1. The minimum absolute atomic E-state index is 0.0718. The molecule has 1 saturated carbocycles. The number of allylic oxidation sites excluding steroid dienone is 1. The summed E-state index contributed by atoms with van der Waals surface area (Å²) in [5.74, 6) is 0.0718. The van der Waals surface area contributed by atoms with Crippen LogP contribution in [0.5, 0.6) is 0 Å². The Hall–Kier alpha value is -1.79. The topological polar surface area (TPSA) is 55.2 Å². The van der Waals surface area contributed by atoms with Gasteiger partial charge in [0.05, 0.1) is 16.2 Å². The molecule has 1 amide bonds. The summed E-state index contributed by atoms with van der Waals surface area (Å²) in [5.41, 5.74) is 0.393. The van der Waals surface area contributed by atoms with Gasteiger partial charge in [0, 0.05) is 24.7 Å². The van der Waals surface area contributed by atoms with Crippen molar-refractivity contribution in [1.82, 2.24) is 14.5 Å². The predicted molar refractivity (Wildman–Crippen MR) is 116 cm³/mol. The molecule has 28 heavy (non-hydrogen) atoms. The fourth-order valence-corrected chi connectivity index (χ4v) is 4.88. The van der Waals surface area contributed by atoms with Crippen molar-refractivity contribution in [3.05, 3.63) is 46.2 Å². The molecule has 3 rings (SSSR count). The first-order valence-electron chi connectivity index (χ1n) is 9.66. The second-order valence-electron chi connectivity index (χ2n) is 7.26. The van der Waals surface area contributed by atoms with Crippen molar-refractivity contribution in [2.75, 3.05) is 7.05 Å². The van der Waals surface area contributed by atoms with Gasteiger partial charge in [0.2, 0.25) is 5.91 Å². The van der Waals surface area contributed by atoms with Gasteiger partial charge in [0.25, 0.3) is 5.56 Å². The number of hydrogen-bond acceptors (Lipinski definition) is 4. The number of hydrogen-bond donors (Lipinski definition) is 0. The summed E-state index contributed by atoms with van der Waals surface area (Å²) < 4.78 is 1.57. The lowest BCUT2D eigenvalue weighted by molar-refractivity contribution is -0.131. The molecule has 150 valence electrons. The van der Waals surface area contributed by atoms with Gasteiger partial charge in [-0.05, 0) is 38.0 Å². The highest BCUT2D eigenvalue weighted by molar-refractivity contribution is 8.00. The molecule has 1 heterocycles. The van der Waals surface area contributed by atoms with Gasteiger partial charge < -0.3 is 4.90 Å². The maximum Gasteiger partial charge on any atom is 0.262 e. The molecule has 1 atom stereocenters. The first-order chi connectivity index (χ1) is 13.4. The van der Waals surface area contributed by atoms with Crippen LogP contribution >= 0.6 is 23.4 Å². The molecule has 1 aromatic carbocycles.